The van der Waals surface area contributed by atoms with Crippen LogP contribution in [0.15, 0.2) is 36.4 Å². The van der Waals surface area contributed by atoms with E-state index in [1.165, 1.54) is 18.2 Å². The Bertz CT molecular complexity index is 643. The number of alkyl halides is 3. The summed E-state index contributed by atoms with van der Waals surface area (Å²) in [5.41, 5.74) is 2.32. The normalized spacial score (nSPS) is 17.5. The topological polar surface area (TPSA) is 12.0 Å². The van der Waals surface area contributed by atoms with Gasteiger partial charge in [-0.2, -0.15) is 13.2 Å². The number of benzene rings is 2. The maximum absolute atomic E-state index is 13.8. The fraction of sp³-hybridized carbons (Fsp3) is 0.250. The fourth-order valence-corrected chi connectivity index (χ4v) is 2.68. The third-order valence-electron chi connectivity index (χ3n) is 3.83. The van der Waals surface area contributed by atoms with Crippen molar-refractivity contribution in [3.63, 3.8) is 0 Å². The molecule has 3 rings (SSSR count). The number of hydrogen-bond acceptors (Lipinski definition) is 1. The number of aryl methyl sites for hydroxylation is 1. The summed E-state index contributed by atoms with van der Waals surface area (Å²) in [6.45, 7) is 1.88. The van der Waals surface area contributed by atoms with Crippen molar-refractivity contribution in [2.75, 3.05) is 5.32 Å². The summed E-state index contributed by atoms with van der Waals surface area (Å²) in [5.74, 6) is -0.280. The van der Waals surface area contributed by atoms with Gasteiger partial charge in [0.15, 0.2) is 0 Å². The van der Waals surface area contributed by atoms with Crippen LogP contribution in [0.1, 0.15) is 28.3 Å². The zero-order chi connectivity index (χ0) is 15.2. The van der Waals surface area contributed by atoms with Crippen molar-refractivity contribution in [1.82, 2.24) is 0 Å². The summed E-state index contributed by atoms with van der Waals surface area (Å²) in [7, 11) is 0. The first-order valence-electron chi connectivity index (χ1n) is 6.58. The Kier molecular flexibility index (Phi) is 3.15. The molecule has 2 aromatic rings. The zero-order valence-electron chi connectivity index (χ0n) is 11.3. The Morgan fingerprint density at radius 3 is 2.29 bits per heavy atom. The lowest BCUT2D eigenvalue weighted by Gasteiger charge is -2.14. The number of rotatable bonds is 1. The van der Waals surface area contributed by atoms with Gasteiger partial charge in [0.05, 0.1) is 11.6 Å². The molecule has 0 spiro atoms. The lowest BCUT2D eigenvalue weighted by molar-refractivity contribution is -0.137. The number of fused-ring (bicyclic) bond motifs is 1. The second-order valence-electron chi connectivity index (χ2n) is 5.24. The SMILES string of the molecule is Cc1ccc(F)c2c1NC(c1ccc(C(F)(F)F)cc1)C2. The van der Waals surface area contributed by atoms with E-state index in [1.807, 2.05) is 6.92 Å². The van der Waals surface area contributed by atoms with Crippen LogP contribution in [0.2, 0.25) is 0 Å². The molecule has 0 saturated heterocycles. The van der Waals surface area contributed by atoms with E-state index in [9.17, 15) is 17.6 Å². The second kappa shape index (κ2) is 4.76. The summed E-state index contributed by atoms with van der Waals surface area (Å²) >= 11 is 0. The zero-order valence-corrected chi connectivity index (χ0v) is 11.3. The highest BCUT2D eigenvalue weighted by Gasteiger charge is 2.31. The molecule has 0 aromatic heterocycles. The third-order valence-corrected chi connectivity index (χ3v) is 3.83. The first kappa shape index (κ1) is 13.9. The summed E-state index contributed by atoms with van der Waals surface area (Å²) in [4.78, 5) is 0. The molecule has 0 fully saturated rings. The van der Waals surface area contributed by atoms with E-state index >= 15 is 0 Å². The van der Waals surface area contributed by atoms with Crippen LogP contribution in [0.25, 0.3) is 0 Å². The van der Waals surface area contributed by atoms with Gasteiger partial charge >= 0.3 is 6.18 Å². The number of halogens is 4. The Morgan fingerprint density at radius 2 is 1.71 bits per heavy atom. The number of anilines is 1. The van der Waals surface area contributed by atoms with Crippen molar-refractivity contribution < 1.29 is 17.6 Å². The van der Waals surface area contributed by atoms with Crippen LogP contribution in [-0.2, 0) is 12.6 Å². The molecule has 1 aliphatic rings. The number of hydrogen-bond donors (Lipinski definition) is 1. The largest absolute Gasteiger partial charge is 0.416 e. The average Bonchev–Trinajstić information content (AvgIpc) is 2.89. The van der Waals surface area contributed by atoms with Gasteiger partial charge in [0.2, 0.25) is 0 Å². The van der Waals surface area contributed by atoms with Gasteiger partial charge in [-0.15, -0.1) is 0 Å². The summed E-state index contributed by atoms with van der Waals surface area (Å²) in [6, 6.07) is 7.92. The molecule has 0 amide bonds. The quantitative estimate of drug-likeness (QED) is 0.741. The van der Waals surface area contributed by atoms with Gasteiger partial charge in [-0.3, -0.25) is 0 Å². The fourth-order valence-electron chi connectivity index (χ4n) is 2.68. The Morgan fingerprint density at radius 1 is 1.05 bits per heavy atom. The minimum Gasteiger partial charge on any atom is -0.377 e. The molecule has 0 aliphatic carbocycles. The van der Waals surface area contributed by atoms with Crippen molar-refractivity contribution >= 4 is 5.69 Å². The molecule has 110 valence electrons. The molecule has 1 aliphatic heterocycles. The van der Waals surface area contributed by atoms with Crippen molar-refractivity contribution in [2.24, 2.45) is 0 Å². The van der Waals surface area contributed by atoms with Crippen LogP contribution in [0.3, 0.4) is 0 Å². The molecule has 1 atom stereocenters. The first-order chi connectivity index (χ1) is 9.86. The standard InChI is InChI=1S/C16H13F4N/c1-9-2-7-13(17)12-8-14(21-15(9)12)10-3-5-11(6-4-10)16(18,19)20/h2-7,14,21H,8H2,1H3. The van der Waals surface area contributed by atoms with Crippen molar-refractivity contribution in [1.29, 1.82) is 0 Å². The molecule has 0 saturated carbocycles. The van der Waals surface area contributed by atoms with E-state index in [1.54, 1.807) is 6.07 Å². The van der Waals surface area contributed by atoms with E-state index in [0.29, 0.717) is 12.0 Å². The summed E-state index contributed by atoms with van der Waals surface area (Å²) < 4.78 is 51.4. The second-order valence-corrected chi connectivity index (χ2v) is 5.24. The predicted molar refractivity (Wildman–Crippen MR) is 72.6 cm³/mol. The molecule has 2 aromatic carbocycles. The highest BCUT2D eigenvalue weighted by Crippen LogP contribution is 2.38. The predicted octanol–water partition coefficient (Wildman–Crippen LogP) is 4.86. The smallest absolute Gasteiger partial charge is 0.377 e. The van der Waals surface area contributed by atoms with Crippen LogP contribution >= 0.6 is 0 Å². The molecule has 5 heteroatoms. The lowest BCUT2D eigenvalue weighted by Crippen LogP contribution is -2.08. The molecule has 1 heterocycles. The highest BCUT2D eigenvalue weighted by molar-refractivity contribution is 5.63. The maximum atomic E-state index is 13.8. The van der Waals surface area contributed by atoms with Crippen molar-refractivity contribution in [3.8, 4) is 0 Å². The monoisotopic (exact) mass is 295 g/mol. The van der Waals surface area contributed by atoms with E-state index in [2.05, 4.69) is 5.32 Å². The van der Waals surface area contributed by atoms with Gasteiger partial charge in [-0.05, 0) is 36.2 Å². The van der Waals surface area contributed by atoms with Gasteiger partial charge in [-0.1, -0.05) is 18.2 Å². The molecule has 21 heavy (non-hydrogen) atoms. The third kappa shape index (κ3) is 2.48. The lowest BCUT2D eigenvalue weighted by atomic mass is 10.0. The minimum atomic E-state index is -4.34. The van der Waals surface area contributed by atoms with Gasteiger partial charge in [0.1, 0.15) is 5.82 Å². The molecular weight excluding hydrogens is 282 g/mol. The van der Waals surface area contributed by atoms with E-state index in [0.717, 1.165) is 28.9 Å². The van der Waals surface area contributed by atoms with Crippen LogP contribution in [-0.4, -0.2) is 0 Å². The van der Waals surface area contributed by atoms with Gasteiger partial charge in [-0.25, -0.2) is 4.39 Å². The van der Waals surface area contributed by atoms with Crippen LogP contribution in [0, 0.1) is 12.7 Å². The summed E-state index contributed by atoms with van der Waals surface area (Å²) in [6.07, 6.45) is -3.90. The molecule has 1 unspecified atom stereocenters. The summed E-state index contributed by atoms with van der Waals surface area (Å²) in [5, 5.41) is 3.20. The van der Waals surface area contributed by atoms with E-state index in [4.69, 9.17) is 0 Å². The molecule has 0 bridgehead atoms. The van der Waals surface area contributed by atoms with E-state index < -0.39 is 11.7 Å². The van der Waals surface area contributed by atoms with Crippen molar-refractivity contribution in [3.05, 3.63) is 64.5 Å². The molecule has 1 nitrogen and oxygen atoms in total. The minimum absolute atomic E-state index is 0.196. The molecule has 0 radical (unpaired) electrons. The number of nitrogens with one attached hydrogen (secondary N) is 1. The van der Waals surface area contributed by atoms with Gasteiger partial charge in [0, 0.05) is 17.7 Å². The Hall–Kier alpha value is -2.04. The Labute approximate surface area is 119 Å². The van der Waals surface area contributed by atoms with Crippen LogP contribution in [0.5, 0.6) is 0 Å². The highest BCUT2D eigenvalue weighted by atomic mass is 19.4. The molecule has 1 N–H and O–H groups in total. The Balaban J connectivity index is 1.88. The van der Waals surface area contributed by atoms with Gasteiger partial charge < -0.3 is 5.32 Å². The molecular formula is C16H13F4N. The van der Waals surface area contributed by atoms with E-state index in [-0.39, 0.29) is 11.9 Å². The van der Waals surface area contributed by atoms with Crippen LogP contribution in [0.4, 0.5) is 23.2 Å². The van der Waals surface area contributed by atoms with Crippen LogP contribution < -0.4 is 5.32 Å². The maximum Gasteiger partial charge on any atom is 0.416 e. The van der Waals surface area contributed by atoms with Crippen molar-refractivity contribution in [2.45, 2.75) is 25.6 Å². The van der Waals surface area contributed by atoms with Gasteiger partial charge in [0.25, 0.3) is 0 Å². The first-order valence-corrected chi connectivity index (χ1v) is 6.58. The average molecular weight is 295 g/mol.